The molecule has 0 aliphatic rings. The summed E-state index contributed by atoms with van der Waals surface area (Å²) < 4.78 is 33.2. The molecule has 0 saturated carbocycles. The lowest BCUT2D eigenvalue weighted by Crippen LogP contribution is -2.19. The summed E-state index contributed by atoms with van der Waals surface area (Å²) in [6.45, 7) is 4.04. The Morgan fingerprint density at radius 2 is 1.90 bits per heavy atom. The molecule has 30 heavy (non-hydrogen) atoms. The van der Waals surface area contributed by atoms with Crippen LogP contribution in [0.3, 0.4) is 0 Å². The summed E-state index contributed by atoms with van der Waals surface area (Å²) in [7, 11) is -2.40. The van der Waals surface area contributed by atoms with E-state index in [1.807, 2.05) is 35.9 Å². The topological polar surface area (TPSA) is 94.5 Å². The summed E-state index contributed by atoms with van der Waals surface area (Å²) >= 11 is 1.65. The van der Waals surface area contributed by atoms with E-state index in [2.05, 4.69) is 4.72 Å². The lowest BCUT2D eigenvalue weighted by Gasteiger charge is -2.09. The summed E-state index contributed by atoms with van der Waals surface area (Å²) in [6, 6.07) is 11.3. The molecule has 0 aliphatic heterocycles. The number of hydrogen-bond acceptors (Lipinski definition) is 6. The third kappa shape index (κ3) is 4.69. The molecule has 0 unspecified atom stereocenters. The number of aryl methyl sites for hydroxylation is 1. The van der Waals surface area contributed by atoms with Crippen LogP contribution in [0.2, 0.25) is 0 Å². The van der Waals surface area contributed by atoms with Crippen molar-refractivity contribution in [3.8, 4) is 0 Å². The Morgan fingerprint density at radius 3 is 2.57 bits per heavy atom. The standard InChI is InChI=1S/C21H22N2O5S2/c1-14-10-19(15(2)23(14)12-17-7-5-9-29-17)20(24)13-28-21(25)16-6-4-8-18(11-16)30(26,27)22-3/h4-11,22H,12-13H2,1-3H3. The number of hydrogen-bond donors (Lipinski definition) is 1. The number of benzene rings is 1. The molecule has 3 rings (SSSR count). The largest absolute Gasteiger partial charge is 0.454 e. The van der Waals surface area contributed by atoms with Crippen LogP contribution >= 0.6 is 11.3 Å². The van der Waals surface area contributed by atoms with Crippen molar-refractivity contribution in [2.45, 2.75) is 25.3 Å². The van der Waals surface area contributed by atoms with E-state index >= 15 is 0 Å². The molecule has 0 bridgehead atoms. The summed E-state index contributed by atoms with van der Waals surface area (Å²) in [5.74, 6) is -1.07. The molecule has 0 saturated heterocycles. The van der Waals surface area contributed by atoms with E-state index in [4.69, 9.17) is 4.74 Å². The zero-order chi connectivity index (χ0) is 21.9. The zero-order valence-corrected chi connectivity index (χ0v) is 18.5. The van der Waals surface area contributed by atoms with E-state index in [1.165, 1.54) is 36.2 Å². The molecule has 0 fully saturated rings. The number of rotatable bonds is 8. The van der Waals surface area contributed by atoms with Gasteiger partial charge in [-0.3, -0.25) is 4.79 Å². The maximum Gasteiger partial charge on any atom is 0.338 e. The summed E-state index contributed by atoms with van der Waals surface area (Å²) in [5.41, 5.74) is 2.32. The average molecular weight is 447 g/mol. The summed E-state index contributed by atoms with van der Waals surface area (Å²) in [6.07, 6.45) is 0. The first-order valence-electron chi connectivity index (χ1n) is 9.16. The van der Waals surface area contributed by atoms with Crippen molar-refractivity contribution < 1.29 is 22.7 Å². The molecule has 3 aromatic rings. The third-order valence-electron chi connectivity index (χ3n) is 4.75. The fraction of sp³-hybridized carbons (Fsp3) is 0.238. The van der Waals surface area contributed by atoms with E-state index in [0.29, 0.717) is 12.1 Å². The van der Waals surface area contributed by atoms with Gasteiger partial charge >= 0.3 is 5.97 Å². The highest BCUT2D eigenvalue weighted by Crippen LogP contribution is 2.20. The number of ketones is 1. The number of ether oxygens (including phenoxy) is 1. The lowest BCUT2D eigenvalue weighted by atomic mass is 10.1. The molecule has 158 valence electrons. The average Bonchev–Trinajstić information content (AvgIpc) is 3.35. The molecule has 7 nitrogen and oxygen atoms in total. The Balaban J connectivity index is 1.70. The molecule has 9 heteroatoms. The summed E-state index contributed by atoms with van der Waals surface area (Å²) in [5, 5.41) is 2.01. The van der Waals surface area contributed by atoms with Crippen molar-refractivity contribution in [3.05, 3.63) is 75.2 Å². The fourth-order valence-corrected chi connectivity index (χ4v) is 4.55. The van der Waals surface area contributed by atoms with Gasteiger partial charge in [0.1, 0.15) is 0 Å². The van der Waals surface area contributed by atoms with Crippen LogP contribution in [0.25, 0.3) is 0 Å². The van der Waals surface area contributed by atoms with E-state index in [1.54, 1.807) is 17.4 Å². The van der Waals surface area contributed by atoms with Crippen LogP contribution in [-0.4, -0.2) is 38.4 Å². The van der Waals surface area contributed by atoms with Crippen molar-refractivity contribution in [1.29, 1.82) is 0 Å². The first kappa shape index (κ1) is 21.9. The van der Waals surface area contributed by atoms with Crippen LogP contribution < -0.4 is 4.72 Å². The van der Waals surface area contributed by atoms with Crippen LogP contribution in [-0.2, 0) is 21.3 Å². The monoisotopic (exact) mass is 446 g/mol. The minimum Gasteiger partial charge on any atom is -0.454 e. The molecule has 1 N–H and O–H groups in total. The summed E-state index contributed by atoms with van der Waals surface area (Å²) in [4.78, 5) is 26.1. The van der Waals surface area contributed by atoms with Gasteiger partial charge in [0.2, 0.25) is 15.8 Å². The number of thiophene rings is 1. The molecular weight excluding hydrogens is 424 g/mol. The Morgan fingerprint density at radius 1 is 1.13 bits per heavy atom. The van der Waals surface area contributed by atoms with Crippen molar-refractivity contribution in [2.75, 3.05) is 13.7 Å². The van der Waals surface area contributed by atoms with Crippen LogP contribution in [0, 0.1) is 13.8 Å². The van der Waals surface area contributed by atoms with Gasteiger partial charge in [0.25, 0.3) is 0 Å². The smallest absolute Gasteiger partial charge is 0.338 e. The molecular formula is C21H22N2O5S2. The minimum absolute atomic E-state index is 0.0529. The lowest BCUT2D eigenvalue weighted by molar-refractivity contribution is 0.0474. The van der Waals surface area contributed by atoms with Crippen molar-refractivity contribution in [2.24, 2.45) is 0 Å². The molecule has 0 radical (unpaired) electrons. The second kappa shape index (κ2) is 8.95. The molecule has 2 aromatic heterocycles. The quantitative estimate of drug-likeness (QED) is 0.424. The second-order valence-electron chi connectivity index (χ2n) is 6.69. The number of aromatic nitrogens is 1. The highest BCUT2D eigenvalue weighted by atomic mass is 32.2. The van der Waals surface area contributed by atoms with Gasteiger partial charge in [0, 0.05) is 21.8 Å². The SMILES string of the molecule is CNS(=O)(=O)c1cccc(C(=O)OCC(=O)c2cc(C)n(Cc3cccs3)c2C)c1. The number of esters is 1. The van der Waals surface area contributed by atoms with Gasteiger partial charge in [-0.05, 0) is 56.6 Å². The maximum atomic E-state index is 12.6. The third-order valence-corrected chi connectivity index (χ3v) is 7.02. The Bertz CT molecular complexity index is 1180. The van der Waals surface area contributed by atoms with Crippen molar-refractivity contribution in [3.63, 3.8) is 0 Å². The van der Waals surface area contributed by atoms with Crippen molar-refractivity contribution in [1.82, 2.24) is 9.29 Å². The van der Waals surface area contributed by atoms with Crippen LogP contribution in [0.5, 0.6) is 0 Å². The fourth-order valence-electron chi connectivity index (χ4n) is 3.09. The highest BCUT2D eigenvalue weighted by Gasteiger charge is 2.19. The van der Waals surface area contributed by atoms with Gasteiger partial charge in [-0.2, -0.15) is 0 Å². The van der Waals surface area contributed by atoms with E-state index in [9.17, 15) is 18.0 Å². The predicted octanol–water partition coefficient (Wildman–Crippen LogP) is 3.16. The van der Waals surface area contributed by atoms with Crippen LogP contribution in [0.4, 0.5) is 0 Å². The maximum absolute atomic E-state index is 12.6. The van der Waals surface area contributed by atoms with E-state index in [0.717, 1.165) is 11.4 Å². The Hall–Kier alpha value is -2.75. The first-order chi connectivity index (χ1) is 14.2. The normalized spacial score (nSPS) is 11.4. The second-order valence-corrected chi connectivity index (χ2v) is 9.60. The molecule has 0 aliphatic carbocycles. The highest BCUT2D eigenvalue weighted by molar-refractivity contribution is 7.89. The number of carbonyl (C=O) groups excluding carboxylic acids is 2. The molecule has 0 atom stereocenters. The molecule has 0 amide bonds. The van der Waals surface area contributed by atoms with Gasteiger partial charge < -0.3 is 9.30 Å². The van der Waals surface area contributed by atoms with E-state index < -0.39 is 22.6 Å². The van der Waals surface area contributed by atoms with Gasteiger partial charge in [-0.25, -0.2) is 17.9 Å². The van der Waals surface area contributed by atoms with Crippen LogP contribution in [0.15, 0.2) is 52.7 Å². The number of sulfonamides is 1. The van der Waals surface area contributed by atoms with E-state index in [-0.39, 0.29) is 16.2 Å². The van der Waals surface area contributed by atoms with Crippen molar-refractivity contribution >= 4 is 33.1 Å². The Kier molecular flexibility index (Phi) is 6.55. The van der Waals surface area contributed by atoms with Crippen LogP contribution in [0.1, 0.15) is 37.0 Å². The number of carbonyl (C=O) groups is 2. The minimum atomic E-state index is -3.68. The first-order valence-corrected chi connectivity index (χ1v) is 11.5. The molecule has 2 heterocycles. The van der Waals surface area contributed by atoms with Gasteiger partial charge in [-0.15, -0.1) is 11.3 Å². The number of Topliss-reactive ketones (excluding diaryl/α,β-unsaturated/α-hetero) is 1. The van der Waals surface area contributed by atoms with Gasteiger partial charge in [-0.1, -0.05) is 12.1 Å². The molecule has 0 spiro atoms. The molecule has 1 aromatic carbocycles. The van der Waals surface area contributed by atoms with Gasteiger partial charge in [0.05, 0.1) is 17.0 Å². The van der Waals surface area contributed by atoms with Gasteiger partial charge in [0.15, 0.2) is 6.61 Å². The Labute approximate surface area is 179 Å². The number of nitrogens with zero attached hydrogens (tertiary/aromatic N) is 1. The predicted molar refractivity (Wildman–Crippen MR) is 115 cm³/mol. The number of nitrogens with one attached hydrogen (secondary N) is 1. The zero-order valence-electron chi connectivity index (χ0n) is 16.8.